The van der Waals surface area contributed by atoms with Crippen LogP contribution in [0.3, 0.4) is 0 Å². The summed E-state index contributed by atoms with van der Waals surface area (Å²) in [6.07, 6.45) is 57.6. The van der Waals surface area contributed by atoms with Crippen molar-refractivity contribution >= 4 is 16.4 Å². The number of aliphatic hydroxyl groups is 3. The van der Waals surface area contributed by atoms with Crippen LogP contribution in [0.5, 0.6) is 0 Å². The molecule has 6 unspecified atom stereocenters. The van der Waals surface area contributed by atoms with E-state index in [2.05, 4.69) is 103 Å². The van der Waals surface area contributed by atoms with Crippen LogP contribution in [0.1, 0.15) is 219 Å². The van der Waals surface area contributed by atoms with Gasteiger partial charge in [0.2, 0.25) is 0 Å². The van der Waals surface area contributed by atoms with Crippen molar-refractivity contribution in [1.29, 1.82) is 0 Å². The second-order valence-electron chi connectivity index (χ2n) is 19.1. The summed E-state index contributed by atoms with van der Waals surface area (Å²) < 4.78 is 59.4. The highest BCUT2D eigenvalue weighted by molar-refractivity contribution is 7.80. The Hall–Kier alpha value is -2.72. The predicted octanol–water partition coefficient (Wildman–Crippen LogP) is 14.0. The van der Waals surface area contributed by atoms with Gasteiger partial charge in [-0.1, -0.05) is 208 Å². The van der Waals surface area contributed by atoms with Crippen LogP contribution in [0, 0.1) is 0 Å². The molecule has 416 valence electrons. The number of carbonyl (C=O) groups excluding carboxylic acids is 1. The summed E-state index contributed by atoms with van der Waals surface area (Å²) >= 11 is 0. The van der Waals surface area contributed by atoms with E-state index in [1.807, 2.05) is 0 Å². The van der Waals surface area contributed by atoms with Gasteiger partial charge in [-0.3, -0.25) is 9.35 Å². The van der Waals surface area contributed by atoms with Crippen LogP contribution in [0.2, 0.25) is 0 Å². The molecule has 1 saturated heterocycles. The molecule has 13 heteroatoms. The summed E-state index contributed by atoms with van der Waals surface area (Å²) in [4.78, 5) is 12.9. The average Bonchev–Trinajstić information content (AvgIpc) is 3.36. The lowest BCUT2D eigenvalue weighted by atomic mass is 9.99. The fourth-order valence-electron chi connectivity index (χ4n) is 8.26. The maximum atomic E-state index is 12.9. The standard InChI is InChI=1S/C59H102O12S/c1-3-5-7-9-11-13-15-17-19-21-23-24-25-26-27-28-29-31-33-35-37-39-41-43-45-47-49-67-51-53(52-68-59-57(63)58(71-72(64,65)66)56(62)54(50-60)70-59)69-55(61)48-46-44-42-40-38-36-34-32-30-22-20-18-16-14-12-10-8-6-4-2/h6,8,12,14-15,17-18,20-21,23,25-26,30,32,53-54,56-60,62-63H,3-5,7,9-11,13,16,19,22,24,27-29,31,33-52H2,1-2H3,(H,64,65,66)/b8-6-,14-12-,17-15-,20-18-,23-21-,26-25-,32-30-. The van der Waals surface area contributed by atoms with Crippen molar-refractivity contribution in [3.63, 3.8) is 0 Å². The molecule has 1 aliphatic rings. The number of ether oxygens (including phenoxy) is 4. The molecule has 1 heterocycles. The number of hydrogen-bond acceptors (Lipinski definition) is 11. The van der Waals surface area contributed by atoms with E-state index < -0.39 is 59.8 Å². The molecule has 4 N–H and O–H groups in total. The minimum atomic E-state index is -5.07. The summed E-state index contributed by atoms with van der Waals surface area (Å²) in [7, 11) is -5.07. The number of unbranched alkanes of at least 4 members (excludes halogenated alkanes) is 22. The van der Waals surface area contributed by atoms with Gasteiger partial charge in [0.15, 0.2) is 6.29 Å². The molecule has 0 bridgehead atoms. The highest BCUT2D eigenvalue weighted by atomic mass is 32.3. The fourth-order valence-corrected chi connectivity index (χ4v) is 8.77. The van der Waals surface area contributed by atoms with E-state index in [0.717, 1.165) is 96.3 Å². The Morgan fingerprint density at radius 1 is 0.542 bits per heavy atom. The Morgan fingerprint density at radius 2 is 0.958 bits per heavy atom. The molecule has 0 aromatic carbocycles. The van der Waals surface area contributed by atoms with Gasteiger partial charge in [0.05, 0.1) is 19.8 Å². The van der Waals surface area contributed by atoms with Gasteiger partial charge in [0, 0.05) is 13.0 Å². The molecule has 72 heavy (non-hydrogen) atoms. The highest BCUT2D eigenvalue weighted by Crippen LogP contribution is 2.26. The molecule has 0 aromatic rings. The lowest BCUT2D eigenvalue weighted by Crippen LogP contribution is -2.60. The third-order valence-corrected chi connectivity index (χ3v) is 13.0. The number of aliphatic hydroxyl groups excluding tert-OH is 3. The maximum absolute atomic E-state index is 12.9. The Kier molecular flexibility index (Phi) is 46.0. The van der Waals surface area contributed by atoms with Gasteiger partial charge in [0.25, 0.3) is 0 Å². The Balaban J connectivity index is 2.32. The van der Waals surface area contributed by atoms with E-state index in [4.69, 9.17) is 18.9 Å². The van der Waals surface area contributed by atoms with E-state index in [1.54, 1.807) is 0 Å². The van der Waals surface area contributed by atoms with Gasteiger partial charge in [-0.2, -0.15) is 8.42 Å². The van der Waals surface area contributed by atoms with Gasteiger partial charge < -0.3 is 34.3 Å². The summed E-state index contributed by atoms with van der Waals surface area (Å²) in [5, 5.41) is 30.8. The third-order valence-electron chi connectivity index (χ3n) is 12.5. The zero-order chi connectivity index (χ0) is 52.4. The molecule has 0 radical (unpaired) electrons. The normalized spacial score (nSPS) is 19.6. The van der Waals surface area contributed by atoms with Gasteiger partial charge >= 0.3 is 16.4 Å². The minimum absolute atomic E-state index is 0.0237. The van der Waals surface area contributed by atoms with E-state index >= 15 is 0 Å². The highest BCUT2D eigenvalue weighted by Gasteiger charge is 2.48. The van der Waals surface area contributed by atoms with Gasteiger partial charge in [-0.15, -0.1) is 0 Å². The first-order valence-corrected chi connectivity index (χ1v) is 29.7. The molecule has 0 aliphatic carbocycles. The predicted molar refractivity (Wildman–Crippen MR) is 294 cm³/mol. The molecule has 0 amide bonds. The molecule has 0 saturated carbocycles. The molecule has 1 fully saturated rings. The smallest absolute Gasteiger partial charge is 0.397 e. The summed E-state index contributed by atoms with van der Waals surface area (Å²) in [6, 6.07) is 0. The maximum Gasteiger partial charge on any atom is 0.397 e. The molecular weight excluding hydrogens is 933 g/mol. The first-order valence-electron chi connectivity index (χ1n) is 28.3. The number of rotatable bonds is 49. The van der Waals surface area contributed by atoms with Crippen LogP contribution >= 0.6 is 0 Å². The number of carbonyl (C=O) groups is 1. The SMILES string of the molecule is CC/C=C\C/C=C\C/C=C\C/C=C\CCCCCCCCC(=O)OC(COCCCCCCCCCCCCC/C=C\C/C=C\C/C=C\CCCCCCC)COC1OC(CO)C(O)C(OS(=O)(=O)O)C1O. The van der Waals surface area contributed by atoms with Crippen molar-refractivity contribution in [2.24, 2.45) is 0 Å². The molecule has 12 nitrogen and oxygen atoms in total. The van der Waals surface area contributed by atoms with Crippen LogP contribution in [0.25, 0.3) is 0 Å². The Morgan fingerprint density at radius 3 is 1.40 bits per heavy atom. The van der Waals surface area contributed by atoms with E-state index in [0.29, 0.717) is 13.0 Å². The van der Waals surface area contributed by atoms with Crippen LogP contribution in [0.15, 0.2) is 85.1 Å². The largest absolute Gasteiger partial charge is 0.457 e. The second kappa shape index (κ2) is 49.2. The Labute approximate surface area is 438 Å². The van der Waals surface area contributed by atoms with Crippen molar-refractivity contribution in [2.45, 2.75) is 256 Å². The zero-order valence-corrected chi connectivity index (χ0v) is 45.8. The van der Waals surface area contributed by atoms with Crippen molar-refractivity contribution in [3.8, 4) is 0 Å². The lowest BCUT2D eigenvalue weighted by Gasteiger charge is -2.41. The summed E-state index contributed by atoms with van der Waals surface area (Å²) in [5.41, 5.74) is 0. The van der Waals surface area contributed by atoms with E-state index in [-0.39, 0.29) is 19.6 Å². The fraction of sp³-hybridized carbons (Fsp3) is 0.746. The minimum Gasteiger partial charge on any atom is -0.457 e. The van der Waals surface area contributed by atoms with Gasteiger partial charge in [-0.25, -0.2) is 4.18 Å². The molecule has 1 aliphatic heterocycles. The van der Waals surface area contributed by atoms with Crippen molar-refractivity contribution < 1.29 is 56.2 Å². The van der Waals surface area contributed by atoms with Crippen LogP contribution in [-0.4, -0.2) is 97.5 Å². The molecule has 6 atom stereocenters. The summed E-state index contributed by atoms with van der Waals surface area (Å²) in [6.45, 7) is 3.85. The molecular formula is C59H102O12S. The molecule has 0 spiro atoms. The van der Waals surface area contributed by atoms with Gasteiger partial charge in [-0.05, 0) is 89.9 Å². The second-order valence-corrected chi connectivity index (χ2v) is 20.2. The zero-order valence-electron chi connectivity index (χ0n) is 45.0. The number of esters is 1. The van der Waals surface area contributed by atoms with Crippen LogP contribution in [0.4, 0.5) is 0 Å². The summed E-state index contributed by atoms with van der Waals surface area (Å²) in [5.74, 6) is -0.415. The van der Waals surface area contributed by atoms with E-state index in [1.165, 1.54) is 96.3 Å². The Bertz CT molecular complexity index is 1570. The topological polar surface area (TPSA) is 178 Å². The number of hydrogen-bond donors (Lipinski definition) is 4. The monoisotopic (exact) mass is 1030 g/mol. The molecule has 1 rings (SSSR count). The van der Waals surface area contributed by atoms with Crippen LogP contribution in [-0.2, 0) is 38.3 Å². The lowest BCUT2D eigenvalue weighted by molar-refractivity contribution is -0.301. The van der Waals surface area contributed by atoms with Crippen molar-refractivity contribution in [1.82, 2.24) is 0 Å². The molecule has 0 aromatic heterocycles. The quantitative estimate of drug-likeness (QED) is 0.0196. The van der Waals surface area contributed by atoms with Crippen LogP contribution < -0.4 is 0 Å². The van der Waals surface area contributed by atoms with Gasteiger partial charge in [0.1, 0.15) is 30.5 Å². The average molecular weight is 1040 g/mol. The first-order chi connectivity index (χ1) is 35.1. The third kappa shape index (κ3) is 41.6. The van der Waals surface area contributed by atoms with Crippen molar-refractivity contribution in [2.75, 3.05) is 26.4 Å². The first kappa shape index (κ1) is 67.3. The van der Waals surface area contributed by atoms with E-state index in [9.17, 15) is 33.1 Å². The van der Waals surface area contributed by atoms with Crippen molar-refractivity contribution in [3.05, 3.63) is 85.1 Å². The number of allylic oxidation sites excluding steroid dienone is 14.